The van der Waals surface area contributed by atoms with Gasteiger partial charge in [-0.05, 0) is 5.92 Å². The van der Waals surface area contributed by atoms with Crippen LogP contribution in [0.3, 0.4) is 0 Å². The van der Waals surface area contributed by atoms with Crippen molar-refractivity contribution in [3.05, 3.63) is 17.5 Å². The average molecular weight is 303 g/mol. The highest BCUT2D eigenvalue weighted by Crippen LogP contribution is 2.24. The van der Waals surface area contributed by atoms with E-state index in [1.54, 1.807) is 0 Å². The quantitative estimate of drug-likeness (QED) is 0.764. The second-order valence-electron chi connectivity index (χ2n) is 4.69. The highest BCUT2D eigenvalue weighted by molar-refractivity contribution is 7.98. The molecular formula is C11H15F2N5OS. The zero-order chi connectivity index (χ0) is 14.7. The molecule has 0 fully saturated rings. The van der Waals surface area contributed by atoms with Gasteiger partial charge in [-0.15, -0.1) is 10.2 Å². The van der Waals surface area contributed by atoms with Gasteiger partial charge in [0, 0.05) is 13.5 Å². The van der Waals surface area contributed by atoms with Gasteiger partial charge in [0.15, 0.2) is 11.0 Å². The number of hydrogen-bond donors (Lipinski definition) is 0. The first-order valence-electron chi connectivity index (χ1n) is 6.09. The Morgan fingerprint density at radius 3 is 2.65 bits per heavy atom. The van der Waals surface area contributed by atoms with Crippen LogP contribution in [0.2, 0.25) is 0 Å². The van der Waals surface area contributed by atoms with Gasteiger partial charge in [-0.1, -0.05) is 30.8 Å². The Labute approximate surface area is 119 Å². The third kappa shape index (κ3) is 3.53. The number of alkyl halides is 2. The molecule has 0 radical (unpaired) electrons. The molecule has 0 N–H and O–H groups in total. The Hall–Kier alpha value is -1.51. The van der Waals surface area contributed by atoms with Gasteiger partial charge in [-0.3, -0.25) is 0 Å². The van der Waals surface area contributed by atoms with E-state index in [0.717, 1.165) is 6.42 Å². The van der Waals surface area contributed by atoms with Crippen molar-refractivity contribution in [3.63, 3.8) is 0 Å². The molecule has 0 saturated heterocycles. The summed E-state index contributed by atoms with van der Waals surface area (Å²) in [5.41, 5.74) is 0. The Morgan fingerprint density at radius 2 is 2.05 bits per heavy atom. The molecule has 110 valence electrons. The lowest BCUT2D eigenvalue weighted by Crippen LogP contribution is -1.99. The summed E-state index contributed by atoms with van der Waals surface area (Å²) >= 11 is 1.24. The van der Waals surface area contributed by atoms with Crippen LogP contribution in [0.15, 0.2) is 9.68 Å². The fraction of sp³-hybridized carbons (Fsp3) is 0.636. The van der Waals surface area contributed by atoms with E-state index in [4.69, 9.17) is 4.52 Å². The van der Waals surface area contributed by atoms with Gasteiger partial charge >= 0.3 is 0 Å². The van der Waals surface area contributed by atoms with Crippen LogP contribution < -0.4 is 0 Å². The first kappa shape index (κ1) is 14.9. The Bertz CT molecular complexity index is 569. The standard InChI is InChI=1S/C11H15F2N5OS/c1-6(2)4-8-14-7(17-19-8)5-20-11-16-15-10(9(12)13)18(11)3/h6,9H,4-5H2,1-3H3. The lowest BCUT2D eigenvalue weighted by molar-refractivity contribution is 0.135. The van der Waals surface area contributed by atoms with Crippen LogP contribution in [-0.4, -0.2) is 24.9 Å². The van der Waals surface area contributed by atoms with Gasteiger partial charge in [0.05, 0.1) is 5.75 Å². The van der Waals surface area contributed by atoms with Gasteiger partial charge in [-0.2, -0.15) is 4.98 Å². The molecule has 2 heterocycles. The molecule has 0 aliphatic heterocycles. The monoisotopic (exact) mass is 303 g/mol. The third-order valence-electron chi connectivity index (χ3n) is 2.49. The second-order valence-corrected chi connectivity index (χ2v) is 5.63. The Kier molecular flexibility index (Phi) is 4.69. The molecule has 0 bridgehead atoms. The van der Waals surface area contributed by atoms with E-state index in [0.29, 0.717) is 28.5 Å². The molecule has 0 spiro atoms. The van der Waals surface area contributed by atoms with Crippen molar-refractivity contribution in [2.75, 3.05) is 0 Å². The minimum absolute atomic E-state index is 0.346. The van der Waals surface area contributed by atoms with Gasteiger partial charge in [0.1, 0.15) is 0 Å². The van der Waals surface area contributed by atoms with E-state index in [2.05, 4.69) is 34.2 Å². The minimum Gasteiger partial charge on any atom is -0.339 e. The highest BCUT2D eigenvalue weighted by Gasteiger charge is 2.18. The van der Waals surface area contributed by atoms with E-state index in [1.165, 1.54) is 23.4 Å². The average Bonchev–Trinajstić information content (AvgIpc) is 2.93. The summed E-state index contributed by atoms with van der Waals surface area (Å²) in [7, 11) is 1.50. The van der Waals surface area contributed by atoms with Crippen molar-refractivity contribution in [1.29, 1.82) is 0 Å². The molecule has 20 heavy (non-hydrogen) atoms. The predicted octanol–water partition coefficient (Wildman–Crippen LogP) is 2.63. The van der Waals surface area contributed by atoms with Crippen LogP contribution in [0, 0.1) is 5.92 Å². The van der Waals surface area contributed by atoms with Crippen molar-refractivity contribution in [1.82, 2.24) is 24.9 Å². The van der Waals surface area contributed by atoms with E-state index in [1.807, 2.05) is 0 Å². The number of rotatable bonds is 6. The molecule has 9 heteroatoms. The number of hydrogen-bond acceptors (Lipinski definition) is 6. The van der Waals surface area contributed by atoms with Crippen molar-refractivity contribution in [2.24, 2.45) is 13.0 Å². The number of halogens is 2. The molecule has 0 aromatic carbocycles. The van der Waals surface area contributed by atoms with Crippen molar-refractivity contribution in [2.45, 2.75) is 37.6 Å². The highest BCUT2D eigenvalue weighted by atomic mass is 32.2. The maximum absolute atomic E-state index is 12.6. The smallest absolute Gasteiger partial charge is 0.297 e. The van der Waals surface area contributed by atoms with Crippen LogP contribution in [0.1, 0.15) is 37.8 Å². The van der Waals surface area contributed by atoms with Crippen molar-refractivity contribution >= 4 is 11.8 Å². The van der Waals surface area contributed by atoms with Crippen LogP contribution in [-0.2, 0) is 19.2 Å². The fourth-order valence-corrected chi connectivity index (χ4v) is 2.31. The summed E-state index contributed by atoms with van der Waals surface area (Å²) in [6, 6.07) is 0. The molecular weight excluding hydrogens is 288 g/mol. The van der Waals surface area contributed by atoms with E-state index in [9.17, 15) is 8.78 Å². The predicted molar refractivity (Wildman–Crippen MR) is 68.4 cm³/mol. The first-order chi connectivity index (χ1) is 9.47. The molecule has 0 aliphatic carbocycles. The minimum atomic E-state index is -2.63. The van der Waals surface area contributed by atoms with Gasteiger partial charge < -0.3 is 9.09 Å². The number of nitrogens with zero attached hydrogens (tertiary/aromatic N) is 5. The van der Waals surface area contributed by atoms with Gasteiger partial charge in [0.2, 0.25) is 11.7 Å². The molecule has 0 amide bonds. The summed E-state index contributed by atoms with van der Waals surface area (Å²) in [6.45, 7) is 4.12. The molecule has 0 aliphatic rings. The van der Waals surface area contributed by atoms with Gasteiger partial charge in [-0.25, -0.2) is 8.78 Å². The first-order valence-corrected chi connectivity index (χ1v) is 7.07. The maximum Gasteiger partial charge on any atom is 0.297 e. The van der Waals surface area contributed by atoms with E-state index < -0.39 is 6.43 Å². The molecule has 2 aromatic rings. The topological polar surface area (TPSA) is 69.6 Å². The molecule has 2 rings (SSSR count). The molecule has 0 atom stereocenters. The summed E-state index contributed by atoms with van der Waals surface area (Å²) in [6.07, 6.45) is -1.92. The lowest BCUT2D eigenvalue weighted by Gasteiger charge is -2.00. The maximum atomic E-state index is 12.6. The van der Waals surface area contributed by atoms with Crippen LogP contribution in [0.25, 0.3) is 0 Å². The summed E-state index contributed by atoms with van der Waals surface area (Å²) in [5, 5.41) is 11.4. The molecule has 0 saturated carbocycles. The van der Waals surface area contributed by atoms with E-state index in [-0.39, 0.29) is 5.82 Å². The zero-order valence-corrected chi connectivity index (χ0v) is 12.2. The second kappa shape index (κ2) is 6.29. The number of aromatic nitrogens is 5. The van der Waals surface area contributed by atoms with Crippen molar-refractivity contribution < 1.29 is 13.3 Å². The van der Waals surface area contributed by atoms with Crippen LogP contribution >= 0.6 is 11.8 Å². The lowest BCUT2D eigenvalue weighted by atomic mass is 10.1. The third-order valence-corrected chi connectivity index (χ3v) is 3.50. The van der Waals surface area contributed by atoms with Crippen molar-refractivity contribution in [3.8, 4) is 0 Å². The molecule has 6 nitrogen and oxygen atoms in total. The Morgan fingerprint density at radius 1 is 1.30 bits per heavy atom. The normalized spacial score (nSPS) is 11.8. The molecule has 2 aromatic heterocycles. The Balaban J connectivity index is 1.97. The summed E-state index contributed by atoms with van der Waals surface area (Å²) < 4.78 is 31.5. The van der Waals surface area contributed by atoms with E-state index >= 15 is 0 Å². The largest absolute Gasteiger partial charge is 0.339 e. The fourth-order valence-electron chi connectivity index (χ4n) is 1.55. The SMILES string of the molecule is CC(C)Cc1nc(CSc2nnc(C(F)F)n2C)no1. The van der Waals surface area contributed by atoms with Gasteiger partial charge in [0.25, 0.3) is 6.43 Å². The number of thioether (sulfide) groups is 1. The summed E-state index contributed by atoms with van der Waals surface area (Å²) in [4.78, 5) is 4.23. The molecule has 0 unspecified atom stereocenters. The zero-order valence-electron chi connectivity index (χ0n) is 11.4. The van der Waals surface area contributed by atoms with Crippen LogP contribution in [0.5, 0.6) is 0 Å². The van der Waals surface area contributed by atoms with Crippen LogP contribution in [0.4, 0.5) is 8.78 Å². The summed E-state index contributed by atoms with van der Waals surface area (Å²) in [5.74, 6) is 1.59.